The number of fused-ring (bicyclic) bond motifs is 1. The first-order chi connectivity index (χ1) is 14.5. The third-order valence-electron chi connectivity index (χ3n) is 5.09. The number of aliphatic hydroxyl groups is 1. The molecule has 4 rings (SSSR count). The Morgan fingerprint density at radius 1 is 1.03 bits per heavy atom. The van der Waals surface area contributed by atoms with Gasteiger partial charge in [0.2, 0.25) is 6.79 Å². The number of rotatable bonds is 6. The van der Waals surface area contributed by atoms with E-state index in [4.69, 9.17) is 14.6 Å². The third-order valence-corrected chi connectivity index (χ3v) is 5.09. The lowest BCUT2D eigenvalue weighted by molar-refractivity contribution is -0.140. The number of ketones is 1. The Morgan fingerprint density at radius 2 is 1.77 bits per heavy atom. The van der Waals surface area contributed by atoms with Gasteiger partial charge >= 0.3 is 5.97 Å². The highest BCUT2D eigenvalue weighted by Crippen LogP contribution is 2.43. The lowest BCUT2D eigenvalue weighted by Gasteiger charge is -2.25. The van der Waals surface area contributed by atoms with E-state index in [-0.39, 0.29) is 37.5 Å². The monoisotopic (exact) mass is 409 g/mol. The molecule has 0 bridgehead atoms. The predicted molar refractivity (Wildman–Crippen MR) is 105 cm³/mol. The van der Waals surface area contributed by atoms with Crippen LogP contribution in [0, 0.1) is 0 Å². The minimum Gasteiger partial charge on any atom is -0.507 e. The standard InChI is InChI=1S/C22H19NO7/c24-17(25)7-4-10-23-19(14-8-9-15-16(11-14)30-12-29-15)18(21(27)22(23)28)20(26)13-5-2-1-3-6-13/h1-3,5-6,8-9,11,19,26H,4,7,10,12H2,(H,24,25)/t19-/m1/s1. The van der Waals surface area contributed by atoms with Gasteiger partial charge in [0.15, 0.2) is 11.5 Å². The van der Waals surface area contributed by atoms with Crippen LogP contribution in [0.2, 0.25) is 0 Å². The average molecular weight is 409 g/mol. The van der Waals surface area contributed by atoms with Crippen LogP contribution >= 0.6 is 0 Å². The van der Waals surface area contributed by atoms with Crippen molar-refractivity contribution in [1.29, 1.82) is 0 Å². The lowest BCUT2D eigenvalue weighted by Crippen LogP contribution is -2.31. The normalized spacial score (nSPS) is 19.3. The van der Waals surface area contributed by atoms with Crippen molar-refractivity contribution in [3.8, 4) is 11.5 Å². The number of aliphatic carboxylic acids is 1. The van der Waals surface area contributed by atoms with Gasteiger partial charge in [-0.2, -0.15) is 0 Å². The molecule has 0 radical (unpaired) electrons. The number of Topliss-reactive ketones (excluding diaryl/α,β-unsaturated/α-hetero) is 1. The van der Waals surface area contributed by atoms with Gasteiger partial charge in [-0.3, -0.25) is 14.4 Å². The zero-order valence-electron chi connectivity index (χ0n) is 15.9. The predicted octanol–water partition coefficient (Wildman–Crippen LogP) is 2.70. The van der Waals surface area contributed by atoms with Gasteiger partial charge in [-0.25, -0.2) is 0 Å². The number of likely N-dealkylation sites (tertiary alicyclic amines) is 1. The molecular weight excluding hydrogens is 390 g/mol. The summed E-state index contributed by atoms with van der Waals surface area (Å²) in [6, 6.07) is 12.7. The smallest absolute Gasteiger partial charge is 0.303 e. The molecule has 2 aliphatic heterocycles. The lowest BCUT2D eigenvalue weighted by atomic mass is 9.95. The van der Waals surface area contributed by atoms with Crippen molar-refractivity contribution in [2.75, 3.05) is 13.3 Å². The zero-order chi connectivity index (χ0) is 21.3. The maximum Gasteiger partial charge on any atom is 0.303 e. The van der Waals surface area contributed by atoms with Crippen LogP contribution in [0.15, 0.2) is 54.1 Å². The molecule has 154 valence electrons. The number of carbonyl (C=O) groups is 3. The van der Waals surface area contributed by atoms with Crippen LogP contribution in [-0.4, -0.2) is 46.1 Å². The number of hydrogen-bond donors (Lipinski definition) is 2. The summed E-state index contributed by atoms with van der Waals surface area (Å²) >= 11 is 0. The molecule has 1 fully saturated rings. The summed E-state index contributed by atoms with van der Waals surface area (Å²) in [6.07, 6.45) is 0.0321. The van der Waals surface area contributed by atoms with E-state index in [1.165, 1.54) is 4.90 Å². The van der Waals surface area contributed by atoms with E-state index in [1.54, 1.807) is 48.5 Å². The van der Waals surface area contributed by atoms with Gasteiger partial charge in [-0.1, -0.05) is 36.4 Å². The Kier molecular flexibility index (Phi) is 5.14. The van der Waals surface area contributed by atoms with Crippen molar-refractivity contribution in [1.82, 2.24) is 4.90 Å². The highest BCUT2D eigenvalue weighted by molar-refractivity contribution is 6.46. The minimum atomic E-state index is -0.990. The number of aliphatic hydroxyl groups excluding tert-OH is 1. The summed E-state index contributed by atoms with van der Waals surface area (Å²) < 4.78 is 10.7. The quantitative estimate of drug-likeness (QED) is 0.428. The summed E-state index contributed by atoms with van der Waals surface area (Å²) in [4.78, 5) is 37.8. The molecule has 2 aromatic rings. The number of carbonyl (C=O) groups excluding carboxylic acids is 2. The fraction of sp³-hybridized carbons (Fsp3) is 0.227. The molecule has 1 saturated heterocycles. The third kappa shape index (κ3) is 3.47. The van der Waals surface area contributed by atoms with Crippen molar-refractivity contribution >= 4 is 23.4 Å². The van der Waals surface area contributed by atoms with Crippen molar-refractivity contribution in [2.45, 2.75) is 18.9 Å². The van der Waals surface area contributed by atoms with E-state index in [0.29, 0.717) is 22.6 Å². The van der Waals surface area contributed by atoms with E-state index in [1.807, 2.05) is 0 Å². The molecule has 2 aromatic carbocycles. The highest BCUT2D eigenvalue weighted by atomic mass is 16.7. The first-order valence-electron chi connectivity index (χ1n) is 9.42. The van der Waals surface area contributed by atoms with E-state index >= 15 is 0 Å². The Balaban J connectivity index is 1.80. The summed E-state index contributed by atoms with van der Waals surface area (Å²) in [5.74, 6) is -1.84. The number of hydrogen-bond acceptors (Lipinski definition) is 6. The van der Waals surface area contributed by atoms with Crippen LogP contribution < -0.4 is 9.47 Å². The Hall–Kier alpha value is -3.81. The van der Waals surface area contributed by atoms with Gasteiger partial charge in [0.25, 0.3) is 11.7 Å². The van der Waals surface area contributed by atoms with Crippen LogP contribution in [0.1, 0.15) is 30.0 Å². The molecule has 0 aliphatic carbocycles. The number of carboxylic acid groups (broad SMARTS) is 1. The molecule has 2 N–H and O–H groups in total. The van der Waals surface area contributed by atoms with Gasteiger partial charge in [-0.15, -0.1) is 0 Å². The Morgan fingerprint density at radius 3 is 2.50 bits per heavy atom. The SMILES string of the molecule is O=C(O)CCCN1C(=O)C(=O)C(=C(O)c2ccccc2)[C@H]1c1ccc2c(c1)OCO2. The van der Waals surface area contributed by atoms with Gasteiger partial charge in [-0.05, 0) is 24.1 Å². The number of ether oxygens (including phenoxy) is 2. The maximum atomic E-state index is 12.9. The molecule has 2 aliphatic rings. The van der Waals surface area contributed by atoms with E-state index in [0.717, 1.165) is 0 Å². The van der Waals surface area contributed by atoms with Crippen LogP contribution in [0.4, 0.5) is 0 Å². The van der Waals surface area contributed by atoms with Gasteiger partial charge in [0.1, 0.15) is 5.76 Å². The maximum absolute atomic E-state index is 12.9. The van der Waals surface area contributed by atoms with Crippen LogP contribution in [0.25, 0.3) is 5.76 Å². The van der Waals surface area contributed by atoms with Crippen LogP contribution in [-0.2, 0) is 14.4 Å². The molecule has 1 atom stereocenters. The largest absolute Gasteiger partial charge is 0.507 e. The van der Waals surface area contributed by atoms with Gasteiger partial charge < -0.3 is 24.6 Å². The average Bonchev–Trinajstić information content (AvgIpc) is 3.31. The fourth-order valence-corrected chi connectivity index (χ4v) is 3.69. The van der Waals surface area contributed by atoms with Gasteiger partial charge in [0, 0.05) is 18.5 Å². The zero-order valence-corrected chi connectivity index (χ0v) is 15.9. The first-order valence-corrected chi connectivity index (χ1v) is 9.42. The molecule has 30 heavy (non-hydrogen) atoms. The molecule has 0 saturated carbocycles. The summed E-state index contributed by atoms with van der Waals surface area (Å²) in [5, 5.41) is 19.8. The molecule has 1 amide bonds. The summed E-state index contributed by atoms with van der Waals surface area (Å²) in [5.41, 5.74) is 0.929. The Labute approximate surface area is 171 Å². The van der Waals surface area contributed by atoms with Gasteiger partial charge in [0.05, 0.1) is 11.6 Å². The molecule has 0 spiro atoms. The summed E-state index contributed by atoms with van der Waals surface area (Å²) in [6.45, 7) is 0.128. The van der Waals surface area contributed by atoms with E-state index in [2.05, 4.69) is 0 Å². The molecule has 0 aromatic heterocycles. The van der Waals surface area contributed by atoms with E-state index < -0.39 is 23.7 Å². The number of carboxylic acids is 1. The summed E-state index contributed by atoms with van der Waals surface area (Å²) in [7, 11) is 0. The fourth-order valence-electron chi connectivity index (χ4n) is 3.69. The second-order valence-corrected chi connectivity index (χ2v) is 6.97. The van der Waals surface area contributed by atoms with Crippen molar-refractivity contribution in [3.63, 3.8) is 0 Å². The number of nitrogens with zero attached hydrogens (tertiary/aromatic N) is 1. The molecule has 2 heterocycles. The molecule has 0 unspecified atom stereocenters. The second-order valence-electron chi connectivity index (χ2n) is 6.97. The molecule has 8 heteroatoms. The first kappa shape index (κ1) is 19.5. The van der Waals surface area contributed by atoms with Crippen molar-refractivity contribution in [3.05, 3.63) is 65.2 Å². The van der Waals surface area contributed by atoms with Crippen molar-refractivity contribution in [2.24, 2.45) is 0 Å². The number of amides is 1. The topological polar surface area (TPSA) is 113 Å². The molecular formula is C22H19NO7. The molecule has 8 nitrogen and oxygen atoms in total. The van der Waals surface area contributed by atoms with Crippen LogP contribution in [0.5, 0.6) is 11.5 Å². The van der Waals surface area contributed by atoms with Crippen LogP contribution in [0.3, 0.4) is 0 Å². The highest BCUT2D eigenvalue weighted by Gasteiger charge is 2.46. The Bertz CT molecular complexity index is 1040. The number of benzene rings is 2. The van der Waals surface area contributed by atoms with E-state index in [9.17, 15) is 19.5 Å². The second kappa shape index (κ2) is 7.90. The minimum absolute atomic E-state index is 0.0413. The van der Waals surface area contributed by atoms with Crippen molar-refractivity contribution < 1.29 is 34.1 Å².